The van der Waals surface area contributed by atoms with Crippen LogP contribution in [0.15, 0.2) is 18.4 Å². The normalized spacial score (nSPS) is 20.8. The van der Waals surface area contributed by atoms with Gasteiger partial charge in [-0.15, -0.1) is 0 Å². The van der Waals surface area contributed by atoms with Gasteiger partial charge in [-0.3, -0.25) is 4.79 Å². The number of carbonyl (C=O) groups is 1. The van der Waals surface area contributed by atoms with E-state index in [0.29, 0.717) is 12.2 Å². The molecule has 0 N–H and O–H groups in total. The molecule has 4 heteroatoms. The maximum Gasteiger partial charge on any atom is 0.245 e. The van der Waals surface area contributed by atoms with E-state index >= 15 is 0 Å². The molecule has 0 radical (unpaired) electrons. The van der Waals surface area contributed by atoms with Gasteiger partial charge >= 0.3 is 0 Å². The van der Waals surface area contributed by atoms with Crippen molar-refractivity contribution in [3.8, 4) is 0 Å². The molecule has 0 bridgehead atoms. The van der Waals surface area contributed by atoms with Crippen LogP contribution in [0, 0.1) is 0 Å². The molecule has 2 heterocycles. The molecular weight excluding hydrogens is 230 g/mol. The van der Waals surface area contributed by atoms with Crippen LogP contribution in [0.2, 0.25) is 0 Å². The Morgan fingerprint density at radius 3 is 2.83 bits per heavy atom. The molecule has 1 aromatic rings. The lowest BCUT2D eigenvalue weighted by atomic mass is 9.94. The second kappa shape index (κ2) is 3.83. The fourth-order valence-electron chi connectivity index (χ4n) is 2.26. The zero-order valence-electron chi connectivity index (χ0n) is 10.5. The van der Waals surface area contributed by atoms with Crippen molar-refractivity contribution in [2.75, 3.05) is 0 Å². The Balaban J connectivity index is 1.94. The van der Waals surface area contributed by atoms with E-state index in [0.717, 1.165) is 29.8 Å². The highest BCUT2D eigenvalue weighted by Gasteiger charge is 2.29. The predicted octanol–water partition coefficient (Wildman–Crippen LogP) is 2.68. The standard InChI is InChI=1S/C14H15NO3/c1-14(2)17-8-13(18-14)11-7-6-9-10(15-11)4-3-5-12(9)16/h6-8H,3-5H2,1-2H3. The fourth-order valence-corrected chi connectivity index (χ4v) is 2.26. The molecule has 0 unspecified atom stereocenters. The van der Waals surface area contributed by atoms with Gasteiger partial charge in [0.25, 0.3) is 0 Å². The number of Topliss-reactive ketones (excluding diaryl/α,β-unsaturated/α-hetero) is 1. The monoisotopic (exact) mass is 245 g/mol. The first-order valence-electron chi connectivity index (χ1n) is 6.16. The SMILES string of the molecule is CC1(C)OC=C(c2ccc3c(n2)CCCC3=O)O1. The lowest BCUT2D eigenvalue weighted by Gasteiger charge is -2.19. The zero-order valence-corrected chi connectivity index (χ0v) is 10.5. The molecule has 0 amide bonds. The number of pyridine rings is 1. The molecule has 0 spiro atoms. The van der Waals surface area contributed by atoms with Crippen LogP contribution in [0.5, 0.6) is 0 Å². The second-order valence-corrected chi connectivity index (χ2v) is 5.07. The first-order valence-corrected chi connectivity index (χ1v) is 6.16. The number of hydrogen-bond donors (Lipinski definition) is 0. The van der Waals surface area contributed by atoms with Crippen molar-refractivity contribution in [1.82, 2.24) is 4.98 Å². The van der Waals surface area contributed by atoms with Crippen molar-refractivity contribution in [2.45, 2.75) is 38.9 Å². The summed E-state index contributed by atoms with van der Waals surface area (Å²) in [7, 11) is 0. The summed E-state index contributed by atoms with van der Waals surface area (Å²) in [6, 6.07) is 3.66. The van der Waals surface area contributed by atoms with Crippen LogP contribution in [0.4, 0.5) is 0 Å². The molecule has 1 aliphatic heterocycles. The number of nitrogens with zero attached hydrogens (tertiary/aromatic N) is 1. The van der Waals surface area contributed by atoms with Gasteiger partial charge < -0.3 is 9.47 Å². The lowest BCUT2D eigenvalue weighted by Crippen LogP contribution is -2.20. The molecule has 18 heavy (non-hydrogen) atoms. The van der Waals surface area contributed by atoms with Crippen molar-refractivity contribution in [3.63, 3.8) is 0 Å². The van der Waals surface area contributed by atoms with Crippen molar-refractivity contribution in [3.05, 3.63) is 35.3 Å². The third kappa shape index (κ3) is 1.88. The predicted molar refractivity (Wildman–Crippen MR) is 65.7 cm³/mol. The highest BCUT2D eigenvalue weighted by atomic mass is 16.7. The second-order valence-electron chi connectivity index (χ2n) is 5.07. The number of rotatable bonds is 1. The minimum atomic E-state index is -0.636. The van der Waals surface area contributed by atoms with E-state index in [-0.39, 0.29) is 5.78 Å². The Morgan fingerprint density at radius 2 is 2.11 bits per heavy atom. The Bertz CT molecular complexity index is 546. The summed E-state index contributed by atoms with van der Waals surface area (Å²) >= 11 is 0. The largest absolute Gasteiger partial charge is 0.457 e. The van der Waals surface area contributed by atoms with Gasteiger partial charge in [-0.05, 0) is 25.0 Å². The average molecular weight is 245 g/mol. The highest BCUT2D eigenvalue weighted by Crippen LogP contribution is 2.31. The number of aryl methyl sites for hydroxylation is 1. The van der Waals surface area contributed by atoms with Crippen LogP contribution in [0.1, 0.15) is 48.4 Å². The van der Waals surface area contributed by atoms with Crippen LogP contribution in [-0.2, 0) is 15.9 Å². The highest BCUT2D eigenvalue weighted by molar-refractivity contribution is 5.98. The van der Waals surface area contributed by atoms with Crippen LogP contribution >= 0.6 is 0 Å². The first kappa shape index (κ1) is 11.3. The van der Waals surface area contributed by atoms with E-state index in [1.165, 1.54) is 0 Å². The quantitative estimate of drug-likeness (QED) is 0.763. The number of ether oxygens (including phenoxy) is 2. The van der Waals surface area contributed by atoms with E-state index in [1.807, 2.05) is 26.0 Å². The minimum Gasteiger partial charge on any atom is -0.457 e. The Labute approximate surface area is 106 Å². The van der Waals surface area contributed by atoms with Crippen molar-refractivity contribution < 1.29 is 14.3 Å². The summed E-state index contributed by atoms with van der Waals surface area (Å²) < 4.78 is 11.0. The summed E-state index contributed by atoms with van der Waals surface area (Å²) in [5.41, 5.74) is 2.36. The molecule has 0 atom stereocenters. The van der Waals surface area contributed by atoms with Crippen molar-refractivity contribution in [2.24, 2.45) is 0 Å². The summed E-state index contributed by atoms with van der Waals surface area (Å²) in [6.45, 7) is 3.69. The Hall–Kier alpha value is -1.84. The summed E-state index contributed by atoms with van der Waals surface area (Å²) in [6.07, 6.45) is 3.94. The number of hydrogen-bond acceptors (Lipinski definition) is 4. The van der Waals surface area contributed by atoms with Gasteiger partial charge in [0.1, 0.15) is 12.0 Å². The lowest BCUT2D eigenvalue weighted by molar-refractivity contribution is -0.102. The van der Waals surface area contributed by atoms with E-state index in [9.17, 15) is 4.79 Å². The van der Waals surface area contributed by atoms with Gasteiger partial charge in [-0.25, -0.2) is 4.98 Å². The van der Waals surface area contributed by atoms with Gasteiger partial charge in [-0.2, -0.15) is 0 Å². The molecule has 4 nitrogen and oxygen atoms in total. The molecule has 1 aliphatic carbocycles. The van der Waals surface area contributed by atoms with Crippen LogP contribution in [-0.4, -0.2) is 16.6 Å². The summed E-state index contributed by atoms with van der Waals surface area (Å²) in [5.74, 6) is 0.178. The van der Waals surface area contributed by atoms with Gasteiger partial charge in [0.2, 0.25) is 5.79 Å². The minimum absolute atomic E-state index is 0.188. The molecule has 0 saturated heterocycles. The molecule has 0 aromatic carbocycles. The molecular formula is C14H15NO3. The smallest absolute Gasteiger partial charge is 0.245 e. The first-order chi connectivity index (χ1) is 8.55. The maximum absolute atomic E-state index is 11.7. The fraction of sp³-hybridized carbons (Fsp3) is 0.429. The van der Waals surface area contributed by atoms with Crippen molar-refractivity contribution >= 4 is 11.5 Å². The number of ketones is 1. The molecule has 3 rings (SSSR count). The van der Waals surface area contributed by atoms with E-state index in [1.54, 1.807) is 6.26 Å². The third-order valence-electron chi connectivity index (χ3n) is 3.15. The number of carbonyl (C=O) groups excluding carboxylic acids is 1. The zero-order chi connectivity index (χ0) is 12.8. The Morgan fingerprint density at radius 1 is 1.28 bits per heavy atom. The third-order valence-corrected chi connectivity index (χ3v) is 3.15. The van der Waals surface area contributed by atoms with Gasteiger partial charge in [-0.1, -0.05) is 0 Å². The molecule has 94 valence electrons. The Kier molecular flexibility index (Phi) is 2.40. The van der Waals surface area contributed by atoms with Gasteiger partial charge in [0.15, 0.2) is 11.5 Å². The molecule has 0 fully saturated rings. The van der Waals surface area contributed by atoms with E-state index in [2.05, 4.69) is 4.98 Å². The van der Waals surface area contributed by atoms with E-state index in [4.69, 9.17) is 9.47 Å². The van der Waals surface area contributed by atoms with Crippen LogP contribution in [0.3, 0.4) is 0 Å². The van der Waals surface area contributed by atoms with Gasteiger partial charge in [0, 0.05) is 25.8 Å². The summed E-state index contributed by atoms with van der Waals surface area (Å²) in [5, 5.41) is 0. The topological polar surface area (TPSA) is 48.4 Å². The van der Waals surface area contributed by atoms with Crippen LogP contribution in [0.25, 0.3) is 5.76 Å². The van der Waals surface area contributed by atoms with Crippen LogP contribution < -0.4 is 0 Å². The molecule has 1 aromatic heterocycles. The summed E-state index contributed by atoms with van der Waals surface area (Å²) in [4.78, 5) is 16.2. The average Bonchev–Trinajstić information content (AvgIpc) is 2.70. The number of aromatic nitrogens is 1. The number of fused-ring (bicyclic) bond motifs is 1. The molecule has 0 saturated carbocycles. The van der Waals surface area contributed by atoms with E-state index < -0.39 is 5.79 Å². The van der Waals surface area contributed by atoms with Crippen molar-refractivity contribution in [1.29, 1.82) is 0 Å². The molecule has 2 aliphatic rings. The van der Waals surface area contributed by atoms with Gasteiger partial charge in [0.05, 0.1) is 5.69 Å². The maximum atomic E-state index is 11.7.